The molecule has 0 aliphatic heterocycles. The second-order valence-electron chi connectivity index (χ2n) is 11.9. The standard InChI is InChI=1S/C30H39BrCl2NO9P/c1-20(35)34(41-17-21-8-11-23(31)12-9-21)15-14-26(22-10-13-24(32)25(33)16-22)44(38,42-18-39-27(36)29(2,3)4)43-19-40-28(37)30(5,6)7/h8-13,16,26H,14-15,17-19H2,1-7H3. The Labute approximate surface area is 277 Å². The summed E-state index contributed by atoms with van der Waals surface area (Å²) in [6.07, 6.45) is -0.0183. The van der Waals surface area contributed by atoms with Gasteiger partial charge in [-0.05, 0) is 83.4 Å². The van der Waals surface area contributed by atoms with Crippen LogP contribution in [0, 0.1) is 10.8 Å². The van der Waals surface area contributed by atoms with Gasteiger partial charge in [0.1, 0.15) is 6.61 Å². The number of hydroxylamine groups is 2. The van der Waals surface area contributed by atoms with E-state index in [1.807, 2.05) is 24.3 Å². The van der Waals surface area contributed by atoms with Gasteiger partial charge in [-0.25, -0.2) is 5.06 Å². The molecule has 2 aromatic carbocycles. The molecule has 0 N–H and O–H groups in total. The van der Waals surface area contributed by atoms with Crippen molar-refractivity contribution in [3.05, 3.63) is 68.1 Å². The summed E-state index contributed by atoms with van der Waals surface area (Å²) in [5.74, 6) is -1.60. The van der Waals surface area contributed by atoms with Crippen molar-refractivity contribution in [3.63, 3.8) is 0 Å². The monoisotopic (exact) mass is 737 g/mol. The molecular formula is C30H39BrCl2NO9P. The van der Waals surface area contributed by atoms with Gasteiger partial charge in [-0.2, -0.15) is 0 Å². The third-order valence-electron chi connectivity index (χ3n) is 6.04. The highest BCUT2D eigenvalue weighted by Crippen LogP contribution is 2.63. The minimum absolute atomic E-state index is 0.0183. The van der Waals surface area contributed by atoms with Gasteiger partial charge >= 0.3 is 19.5 Å². The van der Waals surface area contributed by atoms with E-state index in [1.54, 1.807) is 47.6 Å². The van der Waals surface area contributed by atoms with Crippen molar-refractivity contribution in [2.45, 2.75) is 67.2 Å². The van der Waals surface area contributed by atoms with Gasteiger partial charge in [0.05, 0.1) is 26.5 Å². The number of benzene rings is 2. The molecule has 1 atom stereocenters. The Balaban J connectivity index is 2.39. The molecule has 10 nitrogen and oxygen atoms in total. The SMILES string of the molecule is CC(=O)N(CCC(c1ccc(Cl)c(Cl)c1)P(=O)(OCOC(=O)C(C)(C)C)OCOC(=O)C(C)(C)C)OCc1ccc(Br)cc1. The number of ether oxygens (including phenoxy) is 2. The molecule has 0 saturated heterocycles. The Kier molecular flexibility index (Phi) is 14.4. The predicted octanol–water partition coefficient (Wildman–Crippen LogP) is 8.49. The molecule has 0 fully saturated rings. The molecular weight excluding hydrogens is 700 g/mol. The van der Waals surface area contributed by atoms with Crippen LogP contribution in [0.2, 0.25) is 10.0 Å². The molecule has 1 amide bonds. The van der Waals surface area contributed by atoms with E-state index in [2.05, 4.69) is 15.9 Å². The molecule has 0 heterocycles. The second kappa shape index (κ2) is 16.5. The summed E-state index contributed by atoms with van der Waals surface area (Å²) in [5.41, 5.74) is -1.58. The number of hydrogen-bond donors (Lipinski definition) is 0. The average molecular weight is 739 g/mol. The van der Waals surface area contributed by atoms with E-state index in [9.17, 15) is 18.9 Å². The molecule has 0 saturated carbocycles. The van der Waals surface area contributed by atoms with Crippen LogP contribution in [-0.4, -0.2) is 43.0 Å². The smallest absolute Gasteiger partial charge is 0.343 e. The zero-order valence-corrected chi connectivity index (χ0v) is 29.8. The molecule has 0 aliphatic carbocycles. The first-order valence-corrected chi connectivity index (χ1v) is 16.8. The van der Waals surface area contributed by atoms with Crippen molar-refractivity contribution < 1.29 is 42.3 Å². The highest BCUT2D eigenvalue weighted by molar-refractivity contribution is 9.10. The first kappa shape index (κ1) is 38.2. The topological polar surface area (TPSA) is 118 Å². The van der Waals surface area contributed by atoms with Gasteiger partial charge in [-0.3, -0.25) is 32.8 Å². The average Bonchev–Trinajstić information content (AvgIpc) is 2.92. The summed E-state index contributed by atoms with van der Waals surface area (Å²) in [4.78, 5) is 43.1. The normalized spacial score (nSPS) is 12.9. The number of nitrogens with zero attached hydrogens (tertiary/aromatic N) is 1. The van der Waals surface area contributed by atoms with Crippen LogP contribution in [0.4, 0.5) is 0 Å². The van der Waals surface area contributed by atoms with Crippen LogP contribution in [0.1, 0.15) is 71.7 Å². The maximum atomic E-state index is 14.5. The first-order chi connectivity index (χ1) is 20.3. The Hall–Kier alpha value is -1.98. The number of hydrogen-bond acceptors (Lipinski definition) is 9. The van der Waals surface area contributed by atoms with Gasteiger partial charge in [0.15, 0.2) is 0 Å². The molecule has 0 bridgehead atoms. The molecule has 0 aliphatic rings. The fourth-order valence-corrected chi connectivity index (χ4v) is 5.83. The Bertz CT molecular complexity index is 1310. The van der Waals surface area contributed by atoms with Gasteiger partial charge in [0.25, 0.3) is 0 Å². The highest BCUT2D eigenvalue weighted by atomic mass is 79.9. The third-order valence-corrected chi connectivity index (χ3v) is 9.56. The lowest BCUT2D eigenvalue weighted by Gasteiger charge is -2.30. The first-order valence-electron chi connectivity index (χ1n) is 13.7. The summed E-state index contributed by atoms with van der Waals surface area (Å²) in [6, 6.07) is 12.0. The van der Waals surface area contributed by atoms with E-state index in [4.69, 9.17) is 46.6 Å². The Morgan fingerprint density at radius 1 is 0.864 bits per heavy atom. The van der Waals surface area contributed by atoms with Crippen LogP contribution in [0.15, 0.2) is 46.9 Å². The second-order valence-corrected chi connectivity index (χ2v) is 15.8. The van der Waals surface area contributed by atoms with Crippen LogP contribution in [0.25, 0.3) is 0 Å². The number of carbonyl (C=O) groups is 3. The molecule has 2 aromatic rings. The number of halogens is 3. The van der Waals surface area contributed by atoms with E-state index in [0.29, 0.717) is 5.56 Å². The zero-order valence-electron chi connectivity index (χ0n) is 25.9. The number of carbonyl (C=O) groups excluding carboxylic acids is 3. The zero-order chi connectivity index (χ0) is 33.3. The summed E-state index contributed by atoms with van der Waals surface area (Å²) in [6.45, 7) is 9.88. The molecule has 0 spiro atoms. The molecule has 0 aromatic heterocycles. The lowest BCUT2D eigenvalue weighted by molar-refractivity contribution is -0.189. The van der Waals surface area contributed by atoms with Crippen molar-refractivity contribution >= 4 is 64.6 Å². The summed E-state index contributed by atoms with van der Waals surface area (Å²) in [7, 11) is -4.33. The summed E-state index contributed by atoms with van der Waals surface area (Å²) in [5, 5.41) is 1.57. The summed E-state index contributed by atoms with van der Waals surface area (Å²) < 4.78 is 37.1. The lowest BCUT2D eigenvalue weighted by atomic mass is 9.98. The van der Waals surface area contributed by atoms with Gasteiger partial charge in [0, 0.05) is 17.9 Å². The van der Waals surface area contributed by atoms with E-state index >= 15 is 0 Å². The van der Waals surface area contributed by atoms with E-state index in [0.717, 1.165) is 15.1 Å². The summed E-state index contributed by atoms with van der Waals surface area (Å²) >= 11 is 15.8. The molecule has 44 heavy (non-hydrogen) atoms. The van der Waals surface area contributed by atoms with E-state index in [-0.39, 0.29) is 29.6 Å². The lowest BCUT2D eigenvalue weighted by Crippen LogP contribution is -2.31. The van der Waals surface area contributed by atoms with Gasteiger partial charge in [-0.1, -0.05) is 57.3 Å². The maximum Gasteiger partial charge on any atom is 0.343 e. The third kappa shape index (κ3) is 12.1. The van der Waals surface area contributed by atoms with E-state index < -0.39 is 55.5 Å². The Morgan fingerprint density at radius 2 is 1.39 bits per heavy atom. The minimum atomic E-state index is -4.33. The maximum absolute atomic E-state index is 14.5. The molecule has 244 valence electrons. The van der Waals surface area contributed by atoms with Crippen molar-refractivity contribution in [1.82, 2.24) is 5.06 Å². The quantitative estimate of drug-likeness (QED) is 0.0814. The van der Waals surface area contributed by atoms with Crippen LogP contribution < -0.4 is 0 Å². The molecule has 0 radical (unpaired) electrons. The Morgan fingerprint density at radius 3 is 1.84 bits per heavy atom. The van der Waals surface area contributed by atoms with Crippen molar-refractivity contribution in [2.75, 3.05) is 20.1 Å². The van der Waals surface area contributed by atoms with Crippen LogP contribution in [-0.2, 0) is 48.9 Å². The van der Waals surface area contributed by atoms with Crippen LogP contribution >= 0.6 is 46.7 Å². The van der Waals surface area contributed by atoms with Crippen molar-refractivity contribution in [1.29, 1.82) is 0 Å². The van der Waals surface area contributed by atoms with Gasteiger partial charge in [-0.15, -0.1) is 0 Å². The molecule has 1 unspecified atom stereocenters. The minimum Gasteiger partial charge on any atom is -0.438 e. The highest BCUT2D eigenvalue weighted by Gasteiger charge is 2.40. The van der Waals surface area contributed by atoms with Gasteiger partial charge in [0.2, 0.25) is 19.5 Å². The fraction of sp³-hybridized carbons (Fsp3) is 0.500. The van der Waals surface area contributed by atoms with Gasteiger partial charge < -0.3 is 9.47 Å². The van der Waals surface area contributed by atoms with E-state index in [1.165, 1.54) is 19.1 Å². The molecule has 14 heteroatoms. The van der Waals surface area contributed by atoms with Crippen LogP contribution in [0.5, 0.6) is 0 Å². The number of amides is 1. The molecule has 2 rings (SSSR count). The van der Waals surface area contributed by atoms with Crippen molar-refractivity contribution in [3.8, 4) is 0 Å². The number of esters is 2. The van der Waals surface area contributed by atoms with Crippen LogP contribution in [0.3, 0.4) is 0 Å². The fourth-order valence-electron chi connectivity index (χ4n) is 3.47. The number of rotatable bonds is 14. The largest absolute Gasteiger partial charge is 0.438 e. The van der Waals surface area contributed by atoms with Crippen molar-refractivity contribution in [2.24, 2.45) is 10.8 Å². The predicted molar refractivity (Wildman–Crippen MR) is 171 cm³/mol.